The highest BCUT2D eigenvalue weighted by Gasteiger charge is 2.24. The molecule has 19 heavy (non-hydrogen) atoms. The fourth-order valence-electron chi connectivity index (χ4n) is 1.94. The molecule has 0 radical (unpaired) electrons. The van der Waals surface area contributed by atoms with E-state index >= 15 is 0 Å². The maximum Gasteiger partial charge on any atom is 0.248 e. The summed E-state index contributed by atoms with van der Waals surface area (Å²) in [5.74, 6) is 2.90. The summed E-state index contributed by atoms with van der Waals surface area (Å²) in [5.41, 5.74) is 7.07. The number of hydrogen-bond acceptors (Lipinski definition) is 6. The highest BCUT2D eigenvalue weighted by molar-refractivity contribution is 7.99. The van der Waals surface area contributed by atoms with Gasteiger partial charge in [0.05, 0.1) is 6.61 Å². The first kappa shape index (κ1) is 12.7. The highest BCUT2D eigenvalue weighted by Crippen LogP contribution is 2.26. The molecule has 1 aromatic carbocycles. The van der Waals surface area contributed by atoms with Gasteiger partial charge in [0.1, 0.15) is 12.1 Å². The number of benzene rings is 1. The normalized spacial score (nSPS) is 21.2. The molecular formula is C13H15N3O2S. The number of ether oxygens (including phenoxy) is 1. The van der Waals surface area contributed by atoms with Crippen LogP contribution in [0.15, 0.2) is 34.9 Å². The van der Waals surface area contributed by atoms with Crippen LogP contribution in [0.3, 0.4) is 0 Å². The first-order valence-electron chi connectivity index (χ1n) is 6.18. The van der Waals surface area contributed by atoms with E-state index in [4.69, 9.17) is 15.0 Å². The predicted octanol–water partition coefficient (Wildman–Crippen LogP) is 1.92. The summed E-state index contributed by atoms with van der Waals surface area (Å²) >= 11 is 1.83. The van der Waals surface area contributed by atoms with Crippen molar-refractivity contribution in [3.05, 3.63) is 47.6 Å². The van der Waals surface area contributed by atoms with E-state index in [0.29, 0.717) is 11.7 Å². The first-order valence-corrected chi connectivity index (χ1v) is 7.33. The molecule has 2 aromatic rings. The molecule has 2 atom stereocenters. The van der Waals surface area contributed by atoms with Crippen LogP contribution in [0, 0.1) is 0 Å². The number of nitrogens with zero attached hydrogens (tertiary/aromatic N) is 2. The molecule has 100 valence electrons. The Morgan fingerprint density at radius 1 is 1.32 bits per heavy atom. The molecule has 0 saturated carbocycles. The van der Waals surface area contributed by atoms with E-state index in [0.717, 1.165) is 23.7 Å². The van der Waals surface area contributed by atoms with Gasteiger partial charge in [-0.3, -0.25) is 0 Å². The van der Waals surface area contributed by atoms with E-state index in [1.807, 2.05) is 42.1 Å². The molecule has 1 aliphatic heterocycles. The molecule has 0 spiro atoms. The van der Waals surface area contributed by atoms with E-state index in [9.17, 15) is 0 Å². The molecule has 3 rings (SSSR count). The Kier molecular flexibility index (Phi) is 3.82. The average molecular weight is 277 g/mol. The molecule has 2 heterocycles. The minimum absolute atomic E-state index is 0.0841. The van der Waals surface area contributed by atoms with Gasteiger partial charge in [0.25, 0.3) is 0 Å². The summed E-state index contributed by atoms with van der Waals surface area (Å²) in [6, 6.07) is 9.32. The number of nitrogens with two attached hydrogens (primary N) is 1. The van der Waals surface area contributed by atoms with Gasteiger partial charge in [-0.15, -0.1) is 0 Å². The predicted molar refractivity (Wildman–Crippen MR) is 72.8 cm³/mol. The second-order valence-electron chi connectivity index (χ2n) is 4.31. The van der Waals surface area contributed by atoms with Crippen molar-refractivity contribution >= 4 is 11.8 Å². The minimum atomic E-state index is -0.390. The van der Waals surface area contributed by atoms with Crippen molar-refractivity contribution in [2.24, 2.45) is 5.73 Å². The smallest absolute Gasteiger partial charge is 0.248 e. The van der Waals surface area contributed by atoms with Crippen molar-refractivity contribution in [1.82, 2.24) is 10.1 Å². The van der Waals surface area contributed by atoms with E-state index in [1.54, 1.807) is 0 Å². The molecule has 1 fully saturated rings. The van der Waals surface area contributed by atoms with Crippen molar-refractivity contribution in [2.75, 3.05) is 18.1 Å². The van der Waals surface area contributed by atoms with Crippen LogP contribution in [0.4, 0.5) is 0 Å². The standard InChI is InChI=1S/C13H15N3O2S/c14-11(9-4-2-1-3-5-9)13-15-12(16-18-13)10-8-19-7-6-17-10/h1-5,10-11H,6-8,14H2/t10?,11-/m0/s1. The van der Waals surface area contributed by atoms with Crippen LogP contribution in [0.25, 0.3) is 0 Å². The van der Waals surface area contributed by atoms with Crippen molar-refractivity contribution in [2.45, 2.75) is 12.1 Å². The molecule has 0 bridgehead atoms. The Morgan fingerprint density at radius 2 is 2.16 bits per heavy atom. The third kappa shape index (κ3) is 2.80. The molecule has 1 unspecified atom stereocenters. The summed E-state index contributed by atoms with van der Waals surface area (Å²) < 4.78 is 10.9. The average Bonchev–Trinajstić information content (AvgIpc) is 2.98. The number of hydrogen-bond donors (Lipinski definition) is 1. The summed E-state index contributed by atoms with van der Waals surface area (Å²) in [5, 5.41) is 3.98. The zero-order valence-electron chi connectivity index (χ0n) is 10.4. The van der Waals surface area contributed by atoms with Gasteiger partial charge in [0.2, 0.25) is 11.7 Å². The Morgan fingerprint density at radius 3 is 2.89 bits per heavy atom. The summed E-state index contributed by atoms with van der Waals surface area (Å²) in [6.45, 7) is 0.726. The van der Waals surface area contributed by atoms with E-state index < -0.39 is 6.04 Å². The van der Waals surface area contributed by atoms with Crippen molar-refractivity contribution in [3.8, 4) is 0 Å². The molecule has 6 heteroatoms. The van der Waals surface area contributed by atoms with Gasteiger partial charge in [-0.2, -0.15) is 16.7 Å². The van der Waals surface area contributed by atoms with Crippen molar-refractivity contribution in [1.29, 1.82) is 0 Å². The monoisotopic (exact) mass is 277 g/mol. The van der Waals surface area contributed by atoms with Crippen LogP contribution in [0.2, 0.25) is 0 Å². The number of rotatable bonds is 3. The van der Waals surface area contributed by atoms with Crippen molar-refractivity contribution < 1.29 is 9.26 Å². The fraction of sp³-hybridized carbons (Fsp3) is 0.385. The zero-order chi connectivity index (χ0) is 13.1. The summed E-state index contributed by atoms with van der Waals surface area (Å²) in [4.78, 5) is 4.37. The quantitative estimate of drug-likeness (QED) is 0.924. The zero-order valence-corrected chi connectivity index (χ0v) is 11.2. The van der Waals surface area contributed by atoms with Gasteiger partial charge in [0, 0.05) is 11.5 Å². The maximum atomic E-state index is 6.12. The lowest BCUT2D eigenvalue weighted by Gasteiger charge is -2.18. The lowest BCUT2D eigenvalue weighted by atomic mass is 10.1. The largest absolute Gasteiger partial charge is 0.368 e. The SMILES string of the molecule is N[C@@H](c1ccccc1)c1nc(C2CSCCO2)no1. The van der Waals surface area contributed by atoms with Gasteiger partial charge >= 0.3 is 0 Å². The molecule has 5 nitrogen and oxygen atoms in total. The molecule has 1 aliphatic rings. The minimum Gasteiger partial charge on any atom is -0.368 e. The second kappa shape index (κ2) is 5.73. The molecule has 1 aromatic heterocycles. The number of thioether (sulfide) groups is 1. The summed E-state index contributed by atoms with van der Waals surface area (Å²) in [7, 11) is 0. The molecule has 1 saturated heterocycles. The van der Waals surface area contributed by atoms with Gasteiger partial charge < -0.3 is 15.0 Å². The van der Waals surface area contributed by atoms with Crippen LogP contribution < -0.4 is 5.73 Å². The second-order valence-corrected chi connectivity index (χ2v) is 5.46. The molecule has 2 N–H and O–H groups in total. The van der Waals surface area contributed by atoms with Gasteiger partial charge in [0.15, 0.2) is 0 Å². The van der Waals surface area contributed by atoms with Gasteiger partial charge in [-0.1, -0.05) is 35.5 Å². The molecule has 0 amide bonds. The highest BCUT2D eigenvalue weighted by atomic mass is 32.2. The number of aromatic nitrogens is 2. The maximum absolute atomic E-state index is 6.12. The van der Waals surface area contributed by atoms with Crippen LogP contribution in [-0.4, -0.2) is 28.3 Å². The Bertz CT molecular complexity index is 526. The molecule has 0 aliphatic carbocycles. The van der Waals surface area contributed by atoms with E-state index in [-0.39, 0.29) is 6.10 Å². The van der Waals surface area contributed by atoms with Gasteiger partial charge in [-0.25, -0.2) is 0 Å². The first-order chi connectivity index (χ1) is 9.34. The van der Waals surface area contributed by atoms with Crippen molar-refractivity contribution in [3.63, 3.8) is 0 Å². The third-order valence-electron chi connectivity index (χ3n) is 2.99. The summed E-state index contributed by atoms with van der Waals surface area (Å²) in [6.07, 6.45) is -0.0841. The lowest BCUT2D eigenvalue weighted by molar-refractivity contribution is 0.0677. The van der Waals surface area contributed by atoms with E-state index in [1.165, 1.54) is 0 Å². The Hall–Kier alpha value is -1.37. The van der Waals surface area contributed by atoms with Gasteiger partial charge in [-0.05, 0) is 5.56 Å². The topological polar surface area (TPSA) is 74.2 Å². The molecular weight excluding hydrogens is 262 g/mol. The third-order valence-corrected chi connectivity index (χ3v) is 3.98. The lowest BCUT2D eigenvalue weighted by Crippen LogP contribution is -2.17. The van der Waals surface area contributed by atoms with Crippen LogP contribution in [-0.2, 0) is 4.74 Å². The fourth-order valence-corrected chi connectivity index (χ4v) is 2.78. The van der Waals surface area contributed by atoms with Crippen LogP contribution in [0.1, 0.15) is 29.4 Å². The van der Waals surface area contributed by atoms with Crippen LogP contribution in [0.5, 0.6) is 0 Å². The Labute approximate surface area is 115 Å². The van der Waals surface area contributed by atoms with E-state index in [2.05, 4.69) is 10.1 Å². The van der Waals surface area contributed by atoms with Crippen LogP contribution >= 0.6 is 11.8 Å². The Balaban J connectivity index is 1.77.